The van der Waals surface area contributed by atoms with E-state index >= 15 is 0 Å². The van der Waals surface area contributed by atoms with Crippen LogP contribution < -0.4 is 5.32 Å². The van der Waals surface area contributed by atoms with Crippen molar-refractivity contribution in [3.8, 4) is 0 Å². The zero-order valence-electron chi connectivity index (χ0n) is 10.6. The SMILES string of the molecule is O=C(O)Cc1cc2ccc(/C=C3/SC(=O)NC3=O)cc2o1. The average Bonchev–Trinajstić information content (AvgIpc) is 2.91. The van der Waals surface area contributed by atoms with Crippen LogP contribution in [0.4, 0.5) is 4.79 Å². The first kappa shape index (κ1) is 13.4. The molecule has 3 rings (SSSR count). The van der Waals surface area contributed by atoms with E-state index in [2.05, 4.69) is 5.32 Å². The lowest BCUT2D eigenvalue weighted by molar-refractivity contribution is -0.136. The first-order valence-electron chi connectivity index (χ1n) is 6.00. The second kappa shape index (κ2) is 5.10. The number of benzene rings is 1. The third kappa shape index (κ3) is 2.82. The molecule has 0 radical (unpaired) electrons. The monoisotopic (exact) mass is 303 g/mol. The number of carboxylic acid groups (broad SMARTS) is 1. The molecule has 0 saturated carbocycles. The summed E-state index contributed by atoms with van der Waals surface area (Å²) in [5.74, 6) is -1.02. The van der Waals surface area contributed by atoms with Gasteiger partial charge in [0, 0.05) is 5.39 Å². The Balaban J connectivity index is 1.94. The molecule has 1 fully saturated rings. The first-order chi connectivity index (χ1) is 10.0. The van der Waals surface area contributed by atoms with Gasteiger partial charge in [-0.3, -0.25) is 19.7 Å². The topological polar surface area (TPSA) is 96.6 Å². The van der Waals surface area contributed by atoms with Gasteiger partial charge in [0.25, 0.3) is 11.1 Å². The van der Waals surface area contributed by atoms with E-state index in [9.17, 15) is 14.4 Å². The van der Waals surface area contributed by atoms with Crippen molar-refractivity contribution in [2.24, 2.45) is 0 Å². The second-order valence-electron chi connectivity index (χ2n) is 4.43. The normalized spacial score (nSPS) is 16.7. The van der Waals surface area contributed by atoms with Gasteiger partial charge in [0.1, 0.15) is 17.8 Å². The number of carbonyl (C=O) groups is 3. The third-order valence-corrected chi connectivity index (χ3v) is 3.67. The molecule has 106 valence electrons. The van der Waals surface area contributed by atoms with Gasteiger partial charge in [-0.15, -0.1) is 0 Å². The van der Waals surface area contributed by atoms with Crippen LogP contribution in [0.5, 0.6) is 0 Å². The van der Waals surface area contributed by atoms with Crippen LogP contribution in [0.2, 0.25) is 0 Å². The molecule has 1 aromatic carbocycles. The predicted molar refractivity (Wildman–Crippen MR) is 76.7 cm³/mol. The van der Waals surface area contributed by atoms with Crippen molar-refractivity contribution >= 4 is 45.9 Å². The van der Waals surface area contributed by atoms with Crippen LogP contribution in [0.1, 0.15) is 11.3 Å². The van der Waals surface area contributed by atoms with Crippen LogP contribution >= 0.6 is 11.8 Å². The van der Waals surface area contributed by atoms with Crippen molar-refractivity contribution in [3.05, 3.63) is 40.5 Å². The summed E-state index contributed by atoms with van der Waals surface area (Å²) in [6.45, 7) is 0. The Bertz CT molecular complexity index is 805. The minimum atomic E-state index is -0.964. The molecule has 1 aliphatic rings. The van der Waals surface area contributed by atoms with Gasteiger partial charge in [0.2, 0.25) is 0 Å². The van der Waals surface area contributed by atoms with Crippen molar-refractivity contribution in [2.75, 3.05) is 0 Å². The Morgan fingerprint density at radius 3 is 2.81 bits per heavy atom. The van der Waals surface area contributed by atoms with Gasteiger partial charge in [-0.25, -0.2) is 0 Å². The maximum Gasteiger partial charge on any atom is 0.311 e. The molecular weight excluding hydrogens is 294 g/mol. The summed E-state index contributed by atoms with van der Waals surface area (Å²) in [5, 5.41) is 11.3. The number of rotatable bonds is 3. The van der Waals surface area contributed by atoms with Crippen molar-refractivity contribution in [1.82, 2.24) is 5.32 Å². The fraction of sp³-hybridized carbons (Fsp3) is 0.0714. The number of fused-ring (bicyclic) bond motifs is 1. The molecule has 7 heteroatoms. The number of amides is 2. The van der Waals surface area contributed by atoms with E-state index in [1.165, 1.54) is 0 Å². The summed E-state index contributed by atoms with van der Waals surface area (Å²) in [7, 11) is 0. The maximum absolute atomic E-state index is 11.5. The number of hydrogen-bond acceptors (Lipinski definition) is 5. The molecule has 0 unspecified atom stereocenters. The number of furan rings is 1. The fourth-order valence-electron chi connectivity index (χ4n) is 2.00. The highest BCUT2D eigenvalue weighted by Gasteiger charge is 2.24. The highest BCUT2D eigenvalue weighted by Crippen LogP contribution is 2.27. The van der Waals surface area contributed by atoms with E-state index in [4.69, 9.17) is 9.52 Å². The summed E-state index contributed by atoms with van der Waals surface area (Å²) in [4.78, 5) is 33.5. The molecule has 21 heavy (non-hydrogen) atoms. The Kier molecular flexibility index (Phi) is 3.26. The molecule has 2 amide bonds. The van der Waals surface area contributed by atoms with Gasteiger partial charge >= 0.3 is 5.97 Å². The van der Waals surface area contributed by atoms with Crippen LogP contribution in [0.25, 0.3) is 17.0 Å². The highest BCUT2D eigenvalue weighted by molar-refractivity contribution is 8.18. The quantitative estimate of drug-likeness (QED) is 0.845. The summed E-state index contributed by atoms with van der Waals surface area (Å²) < 4.78 is 5.45. The molecule has 6 nitrogen and oxygen atoms in total. The second-order valence-corrected chi connectivity index (χ2v) is 5.45. The summed E-state index contributed by atoms with van der Waals surface area (Å²) in [5.41, 5.74) is 1.24. The minimum Gasteiger partial charge on any atom is -0.481 e. The predicted octanol–water partition coefficient (Wildman–Crippen LogP) is 2.38. The van der Waals surface area contributed by atoms with E-state index < -0.39 is 17.1 Å². The average molecular weight is 303 g/mol. The van der Waals surface area contributed by atoms with Crippen LogP contribution in [-0.4, -0.2) is 22.2 Å². The Hall–Kier alpha value is -2.54. The molecule has 1 aromatic heterocycles. The van der Waals surface area contributed by atoms with Gasteiger partial charge in [0.15, 0.2) is 0 Å². The molecule has 0 aliphatic carbocycles. The number of aliphatic carboxylic acids is 1. The van der Waals surface area contributed by atoms with Crippen LogP contribution in [0.3, 0.4) is 0 Å². The lowest BCUT2D eigenvalue weighted by Crippen LogP contribution is -2.17. The lowest BCUT2D eigenvalue weighted by atomic mass is 10.1. The largest absolute Gasteiger partial charge is 0.481 e. The van der Waals surface area contributed by atoms with E-state index in [-0.39, 0.29) is 6.42 Å². The summed E-state index contributed by atoms with van der Waals surface area (Å²) in [6.07, 6.45) is 1.40. The van der Waals surface area contributed by atoms with Gasteiger partial charge in [-0.1, -0.05) is 12.1 Å². The molecule has 0 bridgehead atoms. The van der Waals surface area contributed by atoms with Crippen LogP contribution in [0.15, 0.2) is 33.6 Å². The van der Waals surface area contributed by atoms with Crippen molar-refractivity contribution in [2.45, 2.75) is 6.42 Å². The number of carbonyl (C=O) groups excluding carboxylic acids is 2. The van der Waals surface area contributed by atoms with Crippen LogP contribution in [-0.2, 0) is 16.0 Å². The summed E-state index contributed by atoms with van der Waals surface area (Å²) in [6, 6.07) is 6.91. The molecule has 0 atom stereocenters. The zero-order chi connectivity index (χ0) is 15.0. The minimum absolute atomic E-state index is 0.183. The number of carboxylic acids is 1. The number of thioether (sulfide) groups is 1. The van der Waals surface area contributed by atoms with Crippen molar-refractivity contribution in [3.63, 3.8) is 0 Å². The van der Waals surface area contributed by atoms with Gasteiger partial charge < -0.3 is 9.52 Å². The first-order valence-corrected chi connectivity index (χ1v) is 6.82. The molecule has 2 N–H and O–H groups in total. The van der Waals surface area contributed by atoms with E-state index in [0.29, 0.717) is 21.8 Å². The molecule has 0 spiro atoms. The Morgan fingerprint density at radius 2 is 2.14 bits per heavy atom. The third-order valence-electron chi connectivity index (χ3n) is 2.86. The van der Waals surface area contributed by atoms with Crippen LogP contribution in [0, 0.1) is 0 Å². The number of nitrogens with one attached hydrogen (secondary N) is 1. The van der Waals surface area contributed by atoms with Crippen molar-refractivity contribution < 1.29 is 23.9 Å². The number of imide groups is 1. The molecule has 1 saturated heterocycles. The smallest absolute Gasteiger partial charge is 0.311 e. The molecular formula is C14H9NO5S. The molecule has 2 heterocycles. The molecule has 2 aromatic rings. The van der Waals surface area contributed by atoms with E-state index in [1.54, 1.807) is 30.3 Å². The van der Waals surface area contributed by atoms with Gasteiger partial charge in [-0.2, -0.15) is 0 Å². The Labute approximate surface area is 122 Å². The Morgan fingerprint density at radius 1 is 1.33 bits per heavy atom. The van der Waals surface area contributed by atoms with Crippen molar-refractivity contribution in [1.29, 1.82) is 0 Å². The summed E-state index contributed by atoms with van der Waals surface area (Å²) >= 11 is 0.841. The highest BCUT2D eigenvalue weighted by atomic mass is 32.2. The molecule has 1 aliphatic heterocycles. The standard InChI is InChI=1S/C14H9NO5S/c16-12(17)6-9-5-8-2-1-7(3-10(8)20-9)4-11-13(18)15-14(19)21-11/h1-5H,6H2,(H,16,17)(H,15,18,19)/b11-4+. The number of hydrogen-bond donors (Lipinski definition) is 2. The lowest BCUT2D eigenvalue weighted by Gasteiger charge is -1.95. The van der Waals surface area contributed by atoms with Gasteiger partial charge in [0.05, 0.1) is 4.91 Å². The van der Waals surface area contributed by atoms with E-state index in [0.717, 1.165) is 17.1 Å². The maximum atomic E-state index is 11.5. The zero-order valence-corrected chi connectivity index (χ0v) is 11.4. The fourth-order valence-corrected chi connectivity index (χ4v) is 2.68. The van der Waals surface area contributed by atoms with Gasteiger partial charge in [-0.05, 0) is 35.5 Å². The van der Waals surface area contributed by atoms with E-state index in [1.807, 2.05) is 0 Å².